The highest BCUT2D eigenvalue weighted by Gasteiger charge is 2.58. The van der Waals surface area contributed by atoms with Gasteiger partial charge in [-0.05, 0) is 12.5 Å². The lowest BCUT2D eigenvalue weighted by Crippen LogP contribution is -2.45. The van der Waals surface area contributed by atoms with Crippen LogP contribution in [0.3, 0.4) is 0 Å². The van der Waals surface area contributed by atoms with Gasteiger partial charge in [-0.25, -0.2) is 4.79 Å². The van der Waals surface area contributed by atoms with Gasteiger partial charge in [0.1, 0.15) is 23.0 Å². The molecule has 1 aromatic carbocycles. The Morgan fingerprint density at radius 1 is 1.29 bits per heavy atom. The molecule has 1 aromatic heterocycles. The van der Waals surface area contributed by atoms with Gasteiger partial charge in [-0.15, -0.1) is 0 Å². The molecular weight excluding hydrogens is 310 g/mol. The van der Waals surface area contributed by atoms with E-state index in [1.165, 1.54) is 6.07 Å². The van der Waals surface area contributed by atoms with E-state index in [0.717, 1.165) is 11.8 Å². The van der Waals surface area contributed by atoms with Crippen molar-refractivity contribution in [2.75, 3.05) is 5.32 Å². The largest absolute Gasteiger partial charge is 0.440 e. The topological polar surface area (TPSA) is 118 Å². The summed E-state index contributed by atoms with van der Waals surface area (Å²) in [4.78, 5) is 25.4. The minimum Gasteiger partial charge on any atom is -0.440 e. The van der Waals surface area contributed by atoms with E-state index in [9.17, 15) is 14.9 Å². The molecular formula is C17H11N3O4. The number of aryl methyl sites for hydroxylation is 1. The first-order valence-corrected chi connectivity index (χ1v) is 7.13. The summed E-state index contributed by atoms with van der Waals surface area (Å²) in [7, 11) is 0. The first-order valence-electron chi connectivity index (χ1n) is 7.13. The summed E-state index contributed by atoms with van der Waals surface area (Å²) in [6.45, 7) is 1.82. The highest BCUT2D eigenvalue weighted by atomic mass is 16.5. The first-order chi connectivity index (χ1) is 11.5. The molecule has 3 heterocycles. The molecule has 2 aliphatic rings. The highest BCUT2D eigenvalue weighted by molar-refractivity contribution is 6.13. The summed E-state index contributed by atoms with van der Waals surface area (Å²) in [6.07, 6.45) is 1.16. The molecule has 0 saturated carbocycles. The van der Waals surface area contributed by atoms with E-state index in [-0.39, 0.29) is 22.8 Å². The summed E-state index contributed by atoms with van der Waals surface area (Å²) in [5.74, 6) is -0.637. The normalized spacial score (nSPS) is 20.9. The predicted octanol–water partition coefficient (Wildman–Crippen LogP) is 1.27. The summed E-state index contributed by atoms with van der Waals surface area (Å²) < 4.78 is 10.3. The Bertz CT molecular complexity index is 1040. The molecule has 24 heavy (non-hydrogen) atoms. The van der Waals surface area contributed by atoms with Gasteiger partial charge in [0.05, 0.1) is 6.26 Å². The number of amides is 1. The number of rotatable bonds is 0. The van der Waals surface area contributed by atoms with E-state index >= 15 is 0 Å². The van der Waals surface area contributed by atoms with Crippen molar-refractivity contribution in [1.82, 2.24) is 0 Å². The maximum Gasteiger partial charge on any atom is 0.344 e. The number of carbonyl (C=O) groups excluding carboxylic acids is 1. The molecule has 0 fully saturated rings. The second-order valence-corrected chi connectivity index (χ2v) is 5.60. The van der Waals surface area contributed by atoms with Crippen LogP contribution >= 0.6 is 0 Å². The zero-order valence-corrected chi connectivity index (χ0v) is 12.5. The summed E-state index contributed by atoms with van der Waals surface area (Å²) in [5, 5.41) is 12.4. The lowest BCUT2D eigenvalue weighted by atomic mass is 9.69. The van der Waals surface area contributed by atoms with Crippen molar-refractivity contribution in [2.24, 2.45) is 5.73 Å². The average Bonchev–Trinajstić information content (AvgIpc) is 2.83. The van der Waals surface area contributed by atoms with Crippen molar-refractivity contribution < 1.29 is 13.9 Å². The smallest absolute Gasteiger partial charge is 0.344 e. The second kappa shape index (κ2) is 4.49. The Morgan fingerprint density at radius 2 is 2.08 bits per heavy atom. The van der Waals surface area contributed by atoms with E-state index in [2.05, 4.69) is 5.32 Å². The molecule has 7 nitrogen and oxygen atoms in total. The van der Waals surface area contributed by atoms with Crippen LogP contribution in [0.2, 0.25) is 0 Å². The zero-order valence-electron chi connectivity index (χ0n) is 12.5. The molecule has 2 aromatic rings. The summed E-state index contributed by atoms with van der Waals surface area (Å²) >= 11 is 0. The maximum absolute atomic E-state index is 13.0. The lowest BCUT2D eigenvalue weighted by Gasteiger charge is -2.32. The molecule has 0 radical (unpaired) electrons. The third-order valence-electron chi connectivity index (χ3n) is 4.43. The van der Waals surface area contributed by atoms with E-state index in [1.807, 2.05) is 19.1 Å². The summed E-state index contributed by atoms with van der Waals surface area (Å²) in [6, 6.07) is 8.60. The van der Waals surface area contributed by atoms with Crippen LogP contribution in [0.5, 0.6) is 5.75 Å². The fourth-order valence-electron chi connectivity index (χ4n) is 3.41. The van der Waals surface area contributed by atoms with Crippen LogP contribution in [-0.2, 0) is 10.2 Å². The van der Waals surface area contributed by atoms with Gasteiger partial charge in [0.25, 0.3) is 0 Å². The first kappa shape index (κ1) is 14.1. The Hall–Kier alpha value is -3.53. The number of hydrogen-bond donors (Lipinski definition) is 2. The molecule has 1 spiro atoms. The minimum absolute atomic E-state index is 0.0439. The molecule has 0 bridgehead atoms. The summed E-state index contributed by atoms with van der Waals surface area (Å²) in [5.41, 5.74) is 5.14. The number of nitrogens with two attached hydrogens (primary N) is 1. The van der Waals surface area contributed by atoms with E-state index in [4.69, 9.17) is 14.9 Å². The van der Waals surface area contributed by atoms with Gasteiger partial charge in [0, 0.05) is 17.3 Å². The molecule has 1 unspecified atom stereocenters. The number of hydrogen-bond acceptors (Lipinski definition) is 6. The van der Waals surface area contributed by atoms with Gasteiger partial charge in [-0.3, -0.25) is 4.79 Å². The van der Waals surface area contributed by atoms with Gasteiger partial charge in [-0.2, -0.15) is 5.26 Å². The SMILES string of the molecule is Cc1cccc2c1NC(=O)C21C(C#N)=C(N)Oc2ccoc(=O)c21. The fourth-order valence-corrected chi connectivity index (χ4v) is 3.41. The average molecular weight is 321 g/mol. The van der Waals surface area contributed by atoms with Gasteiger partial charge < -0.3 is 20.2 Å². The van der Waals surface area contributed by atoms with Crippen LogP contribution < -0.4 is 21.4 Å². The number of anilines is 1. The van der Waals surface area contributed by atoms with Crippen LogP contribution in [0, 0.1) is 18.3 Å². The number of ether oxygens (including phenoxy) is 1. The van der Waals surface area contributed by atoms with E-state index in [0.29, 0.717) is 11.3 Å². The Kier molecular flexibility index (Phi) is 2.63. The van der Waals surface area contributed by atoms with Crippen molar-refractivity contribution in [3.05, 3.63) is 69.1 Å². The molecule has 7 heteroatoms. The van der Waals surface area contributed by atoms with Gasteiger partial charge >= 0.3 is 5.63 Å². The third-order valence-corrected chi connectivity index (χ3v) is 4.43. The number of carbonyl (C=O) groups is 1. The van der Waals surface area contributed by atoms with Crippen LogP contribution in [-0.4, -0.2) is 5.91 Å². The van der Waals surface area contributed by atoms with Crippen LogP contribution in [0.15, 0.2) is 51.2 Å². The number of nitriles is 1. The molecule has 1 amide bonds. The van der Waals surface area contributed by atoms with E-state index in [1.54, 1.807) is 12.1 Å². The van der Waals surface area contributed by atoms with Gasteiger partial charge in [0.2, 0.25) is 11.8 Å². The van der Waals surface area contributed by atoms with Crippen molar-refractivity contribution >= 4 is 11.6 Å². The second-order valence-electron chi connectivity index (χ2n) is 5.60. The van der Waals surface area contributed by atoms with Gasteiger partial charge in [-0.1, -0.05) is 18.2 Å². The third kappa shape index (κ3) is 1.44. The van der Waals surface area contributed by atoms with Crippen molar-refractivity contribution in [2.45, 2.75) is 12.3 Å². The molecule has 0 aliphatic carbocycles. The number of nitrogens with one attached hydrogen (secondary N) is 1. The van der Waals surface area contributed by atoms with Crippen molar-refractivity contribution in [3.8, 4) is 11.8 Å². The van der Waals surface area contributed by atoms with Gasteiger partial charge in [0.15, 0.2) is 5.41 Å². The molecule has 1 atom stereocenters. The minimum atomic E-state index is -1.67. The predicted molar refractivity (Wildman–Crippen MR) is 83.0 cm³/mol. The number of para-hydroxylation sites is 1. The van der Waals surface area contributed by atoms with E-state index < -0.39 is 16.9 Å². The quantitative estimate of drug-likeness (QED) is 0.754. The molecule has 118 valence electrons. The molecule has 0 saturated heterocycles. The highest BCUT2D eigenvalue weighted by Crippen LogP contribution is 2.52. The Labute approximate surface area is 136 Å². The Morgan fingerprint density at radius 3 is 2.83 bits per heavy atom. The number of benzene rings is 1. The molecule has 2 aliphatic heterocycles. The standard InChI is InChI=1S/C17H11N3O4/c1-8-3-2-4-9-13(8)20-16(22)17(9)10(7-18)14(19)24-11-5-6-23-15(21)12(11)17/h2-6H,19H2,1H3,(H,20,22). The van der Waals surface area contributed by atoms with Crippen LogP contribution in [0.4, 0.5) is 5.69 Å². The maximum atomic E-state index is 13.0. The van der Waals surface area contributed by atoms with Crippen molar-refractivity contribution in [1.29, 1.82) is 5.26 Å². The Balaban J connectivity index is 2.23. The lowest BCUT2D eigenvalue weighted by molar-refractivity contribution is -0.118. The molecule has 4 rings (SSSR count). The fraction of sp³-hybridized carbons (Fsp3) is 0.118. The molecule has 3 N–H and O–H groups in total. The van der Waals surface area contributed by atoms with Crippen LogP contribution in [0.25, 0.3) is 0 Å². The van der Waals surface area contributed by atoms with Crippen LogP contribution in [0.1, 0.15) is 16.7 Å². The van der Waals surface area contributed by atoms with Crippen molar-refractivity contribution in [3.63, 3.8) is 0 Å². The number of fused-ring (bicyclic) bond motifs is 4. The number of nitrogens with zero attached hydrogens (tertiary/aromatic N) is 1. The monoisotopic (exact) mass is 321 g/mol. The zero-order chi connectivity index (χ0) is 17.1.